The molecular formula is C22H20N4O2S2. The molecule has 0 bridgehead atoms. The highest BCUT2D eigenvalue weighted by molar-refractivity contribution is 7.99. The molecule has 30 heavy (non-hydrogen) atoms. The van der Waals surface area contributed by atoms with Crippen molar-refractivity contribution < 1.29 is 4.79 Å². The second-order valence-corrected chi connectivity index (χ2v) is 8.88. The first-order valence-corrected chi connectivity index (χ1v) is 11.2. The molecule has 4 rings (SSSR count). The molecule has 2 aromatic heterocycles. The zero-order chi connectivity index (χ0) is 21.1. The number of carbonyl (C=O) groups is 1. The molecule has 0 aliphatic heterocycles. The number of thioether (sulfide) groups is 1. The van der Waals surface area contributed by atoms with Gasteiger partial charge in [0.1, 0.15) is 4.83 Å². The average molecular weight is 437 g/mol. The van der Waals surface area contributed by atoms with E-state index in [-0.39, 0.29) is 17.9 Å². The quantitative estimate of drug-likeness (QED) is 0.157. The third-order valence-electron chi connectivity index (χ3n) is 4.67. The summed E-state index contributed by atoms with van der Waals surface area (Å²) in [6, 6.07) is 19.4. The van der Waals surface area contributed by atoms with Crippen LogP contribution in [0.3, 0.4) is 0 Å². The fourth-order valence-corrected chi connectivity index (χ4v) is 5.34. The number of hydrogen-bond donors (Lipinski definition) is 2. The number of rotatable bonds is 6. The first kappa shape index (κ1) is 20.3. The van der Waals surface area contributed by atoms with Gasteiger partial charge in [-0.3, -0.25) is 19.6 Å². The monoisotopic (exact) mass is 436 g/mol. The van der Waals surface area contributed by atoms with Gasteiger partial charge in [0.2, 0.25) is 5.91 Å². The van der Waals surface area contributed by atoms with Crippen LogP contribution in [-0.2, 0) is 4.79 Å². The molecule has 0 fully saturated rings. The molecule has 4 aromatic rings. The Morgan fingerprint density at radius 2 is 1.80 bits per heavy atom. The predicted molar refractivity (Wildman–Crippen MR) is 123 cm³/mol. The zero-order valence-electron chi connectivity index (χ0n) is 16.3. The van der Waals surface area contributed by atoms with E-state index >= 15 is 0 Å². The summed E-state index contributed by atoms with van der Waals surface area (Å²) in [6.07, 6.45) is 0.239. The summed E-state index contributed by atoms with van der Waals surface area (Å²) in [5.74, 6) is 5.38. The van der Waals surface area contributed by atoms with E-state index in [9.17, 15) is 9.59 Å². The Kier molecular flexibility index (Phi) is 5.98. The van der Waals surface area contributed by atoms with Crippen LogP contribution in [0, 0.1) is 6.92 Å². The first-order valence-electron chi connectivity index (χ1n) is 9.39. The van der Waals surface area contributed by atoms with Crippen molar-refractivity contribution >= 4 is 39.2 Å². The minimum Gasteiger partial charge on any atom is -0.294 e. The van der Waals surface area contributed by atoms with Crippen molar-refractivity contribution in [1.82, 2.24) is 15.0 Å². The maximum atomic E-state index is 13.7. The number of benzene rings is 2. The fourth-order valence-electron chi connectivity index (χ4n) is 3.30. The summed E-state index contributed by atoms with van der Waals surface area (Å²) >= 11 is 2.88. The van der Waals surface area contributed by atoms with Crippen molar-refractivity contribution in [3.05, 3.63) is 75.9 Å². The Hall–Kier alpha value is -2.94. The number of aryl methyl sites for hydroxylation is 1. The van der Waals surface area contributed by atoms with E-state index in [4.69, 9.17) is 10.8 Å². The van der Waals surface area contributed by atoms with E-state index in [1.165, 1.54) is 23.1 Å². The summed E-state index contributed by atoms with van der Waals surface area (Å²) < 4.78 is 1.63. The Labute approximate surface area is 181 Å². The van der Waals surface area contributed by atoms with Crippen molar-refractivity contribution in [1.29, 1.82) is 0 Å². The molecule has 152 valence electrons. The standard InChI is InChI=1S/C22H20N4O2S2/c1-14-18(15-8-4-2-5-9-15)19-20(30-14)24-22(29-13-12-17(27)25-23)26(21(19)28)16-10-6-3-7-11-16/h2-11H,12-13,23H2,1H3,(H,25,27). The minimum atomic E-state index is -0.254. The van der Waals surface area contributed by atoms with E-state index in [1.54, 1.807) is 4.57 Å². The van der Waals surface area contributed by atoms with Gasteiger partial charge in [0.15, 0.2) is 5.16 Å². The number of amides is 1. The van der Waals surface area contributed by atoms with Gasteiger partial charge >= 0.3 is 0 Å². The second-order valence-electron chi connectivity index (χ2n) is 6.62. The van der Waals surface area contributed by atoms with Crippen LogP contribution in [0.2, 0.25) is 0 Å². The van der Waals surface area contributed by atoms with Crippen LogP contribution in [-0.4, -0.2) is 21.2 Å². The van der Waals surface area contributed by atoms with Crippen LogP contribution in [0.15, 0.2) is 70.6 Å². The molecule has 0 radical (unpaired) electrons. The largest absolute Gasteiger partial charge is 0.294 e. The van der Waals surface area contributed by atoms with E-state index in [1.807, 2.05) is 67.6 Å². The van der Waals surface area contributed by atoms with Crippen molar-refractivity contribution in [2.45, 2.75) is 18.5 Å². The summed E-state index contributed by atoms with van der Waals surface area (Å²) in [7, 11) is 0. The first-order chi connectivity index (χ1) is 14.6. The lowest BCUT2D eigenvalue weighted by Gasteiger charge is -2.12. The van der Waals surface area contributed by atoms with Gasteiger partial charge in [-0.1, -0.05) is 60.3 Å². The molecule has 0 aliphatic carbocycles. The van der Waals surface area contributed by atoms with Crippen LogP contribution in [0.5, 0.6) is 0 Å². The lowest BCUT2D eigenvalue weighted by atomic mass is 10.0. The van der Waals surface area contributed by atoms with Crippen molar-refractivity contribution in [2.24, 2.45) is 5.84 Å². The minimum absolute atomic E-state index is 0.111. The summed E-state index contributed by atoms with van der Waals surface area (Å²) in [5.41, 5.74) is 4.69. The second kappa shape index (κ2) is 8.83. The van der Waals surface area contributed by atoms with Crippen molar-refractivity contribution in [2.75, 3.05) is 5.75 Å². The van der Waals surface area contributed by atoms with Crippen LogP contribution in [0.4, 0.5) is 0 Å². The predicted octanol–water partition coefficient (Wildman–Crippen LogP) is 3.89. The van der Waals surface area contributed by atoms with Crippen LogP contribution < -0.4 is 16.8 Å². The number of nitrogens with zero attached hydrogens (tertiary/aromatic N) is 2. The molecule has 0 saturated heterocycles. The Bertz CT molecular complexity index is 1250. The number of aromatic nitrogens is 2. The maximum Gasteiger partial charge on any atom is 0.268 e. The van der Waals surface area contributed by atoms with E-state index in [0.29, 0.717) is 21.1 Å². The Morgan fingerprint density at radius 1 is 1.13 bits per heavy atom. The molecule has 8 heteroatoms. The topological polar surface area (TPSA) is 90.0 Å². The number of carbonyl (C=O) groups excluding carboxylic acids is 1. The molecule has 0 unspecified atom stereocenters. The lowest BCUT2D eigenvalue weighted by Crippen LogP contribution is -2.30. The maximum absolute atomic E-state index is 13.7. The van der Waals surface area contributed by atoms with Crippen molar-refractivity contribution in [3.63, 3.8) is 0 Å². The normalized spacial score (nSPS) is 11.0. The average Bonchev–Trinajstić information content (AvgIpc) is 3.11. The summed E-state index contributed by atoms with van der Waals surface area (Å²) in [4.78, 5) is 31.8. The molecular weight excluding hydrogens is 416 g/mol. The van der Waals surface area contributed by atoms with Crippen LogP contribution in [0.25, 0.3) is 27.0 Å². The summed E-state index contributed by atoms with van der Waals surface area (Å²) in [5, 5.41) is 1.18. The highest BCUT2D eigenvalue weighted by Crippen LogP contribution is 2.36. The molecule has 0 spiro atoms. The van der Waals surface area contributed by atoms with Gasteiger partial charge < -0.3 is 0 Å². The van der Waals surface area contributed by atoms with Gasteiger partial charge in [-0.2, -0.15) is 0 Å². The number of hydrogen-bond acceptors (Lipinski definition) is 6. The number of nitrogens with one attached hydrogen (secondary N) is 1. The molecule has 0 atom stereocenters. The molecule has 2 aromatic carbocycles. The fraction of sp³-hybridized carbons (Fsp3) is 0.136. The number of fused-ring (bicyclic) bond motifs is 1. The van der Waals surface area contributed by atoms with Gasteiger partial charge in [0, 0.05) is 22.6 Å². The third kappa shape index (κ3) is 3.89. The van der Waals surface area contributed by atoms with Gasteiger partial charge in [-0.15, -0.1) is 11.3 Å². The van der Waals surface area contributed by atoms with Crippen LogP contribution >= 0.6 is 23.1 Å². The molecule has 0 saturated carbocycles. The Morgan fingerprint density at radius 3 is 2.47 bits per heavy atom. The molecule has 1 amide bonds. The zero-order valence-corrected chi connectivity index (χ0v) is 17.9. The highest BCUT2D eigenvalue weighted by atomic mass is 32.2. The van der Waals surface area contributed by atoms with Gasteiger partial charge in [0.05, 0.1) is 11.1 Å². The number of para-hydroxylation sites is 1. The molecule has 3 N–H and O–H groups in total. The smallest absolute Gasteiger partial charge is 0.268 e. The highest BCUT2D eigenvalue weighted by Gasteiger charge is 2.20. The third-order valence-corrected chi connectivity index (χ3v) is 6.61. The summed E-state index contributed by atoms with van der Waals surface area (Å²) in [6.45, 7) is 2.01. The van der Waals surface area contributed by atoms with Crippen molar-refractivity contribution in [3.8, 4) is 16.8 Å². The molecule has 2 heterocycles. The van der Waals surface area contributed by atoms with Gasteiger partial charge in [0.25, 0.3) is 5.56 Å². The van der Waals surface area contributed by atoms with E-state index in [0.717, 1.165) is 21.7 Å². The van der Waals surface area contributed by atoms with E-state index < -0.39 is 0 Å². The molecule has 6 nitrogen and oxygen atoms in total. The van der Waals surface area contributed by atoms with Crippen LogP contribution in [0.1, 0.15) is 11.3 Å². The lowest BCUT2D eigenvalue weighted by molar-refractivity contribution is -0.120. The molecule has 0 aliphatic rings. The van der Waals surface area contributed by atoms with E-state index in [2.05, 4.69) is 5.43 Å². The number of hydrazine groups is 1. The number of thiophene rings is 1. The number of nitrogens with two attached hydrogens (primary N) is 1. The van der Waals surface area contributed by atoms with Gasteiger partial charge in [-0.05, 0) is 24.6 Å². The SMILES string of the molecule is Cc1sc2nc(SCCC(=O)NN)n(-c3ccccc3)c(=O)c2c1-c1ccccc1. The van der Waals surface area contributed by atoms with Gasteiger partial charge in [-0.25, -0.2) is 10.8 Å². The Balaban J connectivity index is 1.92.